The van der Waals surface area contributed by atoms with Crippen LogP contribution in [0.1, 0.15) is 28.7 Å². The van der Waals surface area contributed by atoms with Gasteiger partial charge in [-0.3, -0.25) is 9.78 Å². The highest BCUT2D eigenvalue weighted by atomic mass is 16.5. The summed E-state index contributed by atoms with van der Waals surface area (Å²) in [7, 11) is 1.26. The summed E-state index contributed by atoms with van der Waals surface area (Å²) >= 11 is 0. The first-order chi connectivity index (χ1) is 8.06. The minimum atomic E-state index is -0.536. The molecule has 0 saturated carbocycles. The van der Waals surface area contributed by atoms with Gasteiger partial charge in [0.1, 0.15) is 6.61 Å². The minimum absolute atomic E-state index is 0.0484. The summed E-state index contributed by atoms with van der Waals surface area (Å²) in [6, 6.07) is 2.87. The maximum absolute atomic E-state index is 11.3. The Morgan fingerprint density at radius 3 is 2.53 bits per heavy atom. The molecule has 0 bridgehead atoms. The normalized spacial score (nSPS) is 9.82. The molecule has 17 heavy (non-hydrogen) atoms. The fraction of sp³-hybridized carbons (Fsp3) is 0.364. The summed E-state index contributed by atoms with van der Waals surface area (Å²) in [5.41, 5.74) is 0.955. The molecule has 1 N–H and O–H groups in total. The fourth-order valence-corrected chi connectivity index (χ4v) is 1.22. The van der Waals surface area contributed by atoms with Gasteiger partial charge < -0.3 is 14.6 Å². The Morgan fingerprint density at radius 1 is 1.35 bits per heavy atom. The molecule has 0 aliphatic rings. The predicted octanol–water partition coefficient (Wildman–Crippen LogP) is 0.424. The molecule has 1 rings (SSSR count). The van der Waals surface area contributed by atoms with Crippen molar-refractivity contribution in [2.75, 3.05) is 7.11 Å². The SMILES string of the molecule is COC(=O)c1cc(CO)nc(COC(C)=O)c1. The lowest BCUT2D eigenvalue weighted by Crippen LogP contribution is -2.08. The van der Waals surface area contributed by atoms with Gasteiger partial charge in [-0.15, -0.1) is 0 Å². The lowest BCUT2D eigenvalue weighted by atomic mass is 10.2. The van der Waals surface area contributed by atoms with Gasteiger partial charge in [0.2, 0.25) is 0 Å². The van der Waals surface area contributed by atoms with Gasteiger partial charge in [0.05, 0.1) is 30.7 Å². The molecule has 1 aromatic heterocycles. The summed E-state index contributed by atoms with van der Waals surface area (Å²) in [5.74, 6) is -0.980. The first-order valence-electron chi connectivity index (χ1n) is 4.89. The first-order valence-corrected chi connectivity index (χ1v) is 4.89. The van der Waals surface area contributed by atoms with Crippen LogP contribution in [-0.4, -0.2) is 29.1 Å². The molecule has 0 radical (unpaired) electrons. The van der Waals surface area contributed by atoms with Crippen LogP contribution in [0.2, 0.25) is 0 Å². The van der Waals surface area contributed by atoms with Gasteiger partial charge in [-0.1, -0.05) is 0 Å². The van der Waals surface area contributed by atoms with E-state index in [4.69, 9.17) is 9.84 Å². The molecule has 0 atom stereocenters. The lowest BCUT2D eigenvalue weighted by molar-refractivity contribution is -0.142. The maximum Gasteiger partial charge on any atom is 0.337 e. The Balaban J connectivity index is 2.96. The van der Waals surface area contributed by atoms with E-state index in [-0.39, 0.29) is 18.8 Å². The van der Waals surface area contributed by atoms with Crippen molar-refractivity contribution >= 4 is 11.9 Å². The van der Waals surface area contributed by atoms with E-state index in [0.29, 0.717) is 11.4 Å². The van der Waals surface area contributed by atoms with Crippen molar-refractivity contribution < 1.29 is 24.2 Å². The van der Waals surface area contributed by atoms with Crippen molar-refractivity contribution in [2.24, 2.45) is 0 Å². The number of aliphatic hydroxyl groups is 1. The largest absolute Gasteiger partial charge is 0.465 e. The van der Waals surface area contributed by atoms with Crippen molar-refractivity contribution in [3.63, 3.8) is 0 Å². The monoisotopic (exact) mass is 239 g/mol. The van der Waals surface area contributed by atoms with Crippen molar-refractivity contribution in [2.45, 2.75) is 20.1 Å². The van der Waals surface area contributed by atoms with Gasteiger partial charge >= 0.3 is 11.9 Å². The van der Waals surface area contributed by atoms with Gasteiger partial charge in [0.15, 0.2) is 0 Å². The molecule has 6 nitrogen and oxygen atoms in total. The average Bonchev–Trinajstić information content (AvgIpc) is 2.34. The van der Waals surface area contributed by atoms with E-state index in [9.17, 15) is 9.59 Å². The van der Waals surface area contributed by atoms with Crippen molar-refractivity contribution in [3.8, 4) is 0 Å². The van der Waals surface area contributed by atoms with Gasteiger partial charge in [-0.25, -0.2) is 4.79 Å². The highest BCUT2D eigenvalue weighted by molar-refractivity contribution is 5.89. The van der Waals surface area contributed by atoms with E-state index in [1.165, 1.54) is 26.2 Å². The number of methoxy groups -OCH3 is 1. The molecule has 0 aliphatic carbocycles. The molecule has 6 heteroatoms. The number of pyridine rings is 1. The zero-order valence-electron chi connectivity index (χ0n) is 9.60. The molecule has 1 heterocycles. The fourth-order valence-electron chi connectivity index (χ4n) is 1.22. The van der Waals surface area contributed by atoms with E-state index in [1.54, 1.807) is 0 Å². The number of carbonyl (C=O) groups is 2. The number of esters is 2. The predicted molar refractivity (Wildman–Crippen MR) is 57.0 cm³/mol. The zero-order valence-corrected chi connectivity index (χ0v) is 9.60. The topological polar surface area (TPSA) is 85.7 Å². The Hall–Kier alpha value is -1.95. The van der Waals surface area contributed by atoms with Crippen LogP contribution in [0.3, 0.4) is 0 Å². The van der Waals surface area contributed by atoms with Crippen molar-refractivity contribution in [3.05, 3.63) is 29.1 Å². The van der Waals surface area contributed by atoms with Crippen LogP contribution in [0.25, 0.3) is 0 Å². The Labute approximate surface area is 98.2 Å². The second kappa shape index (κ2) is 5.95. The number of aliphatic hydroxyl groups excluding tert-OH is 1. The molecule has 0 saturated heterocycles. The van der Waals surface area contributed by atoms with Gasteiger partial charge in [0.25, 0.3) is 0 Å². The molecule has 0 unspecified atom stereocenters. The van der Waals surface area contributed by atoms with Crippen LogP contribution in [0.5, 0.6) is 0 Å². The van der Waals surface area contributed by atoms with Gasteiger partial charge in [-0.2, -0.15) is 0 Å². The molecule has 0 aliphatic heterocycles. The summed E-state index contributed by atoms with van der Waals surface area (Å²) in [5, 5.41) is 9.00. The van der Waals surface area contributed by atoms with E-state index in [1.807, 2.05) is 0 Å². The summed E-state index contributed by atoms with van der Waals surface area (Å²) in [6.45, 7) is 0.919. The third-order valence-electron chi connectivity index (χ3n) is 1.94. The zero-order chi connectivity index (χ0) is 12.8. The minimum Gasteiger partial charge on any atom is -0.465 e. The number of rotatable bonds is 4. The summed E-state index contributed by atoms with van der Waals surface area (Å²) < 4.78 is 9.32. The van der Waals surface area contributed by atoms with Crippen LogP contribution < -0.4 is 0 Å². The number of carbonyl (C=O) groups excluding carboxylic acids is 2. The number of nitrogens with zero attached hydrogens (tertiary/aromatic N) is 1. The maximum atomic E-state index is 11.3. The van der Waals surface area contributed by atoms with E-state index in [0.717, 1.165) is 0 Å². The third-order valence-corrected chi connectivity index (χ3v) is 1.94. The summed E-state index contributed by atoms with van der Waals surface area (Å²) in [4.78, 5) is 26.0. The van der Waals surface area contributed by atoms with Crippen molar-refractivity contribution in [1.29, 1.82) is 0 Å². The molecule has 1 aromatic rings. The second-order valence-electron chi connectivity index (χ2n) is 3.27. The molecule has 0 aromatic carbocycles. The van der Waals surface area contributed by atoms with Crippen LogP contribution in [0, 0.1) is 0 Å². The van der Waals surface area contributed by atoms with Crippen LogP contribution in [0.15, 0.2) is 12.1 Å². The third kappa shape index (κ3) is 3.84. The van der Waals surface area contributed by atoms with Crippen LogP contribution in [-0.2, 0) is 27.5 Å². The Bertz CT molecular complexity index is 430. The van der Waals surface area contributed by atoms with E-state index < -0.39 is 11.9 Å². The average molecular weight is 239 g/mol. The van der Waals surface area contributed by atoms with Crippen LogP contribution >= 0.6 is 0 Å². The Kier molecular flexibility index (Phi) is 4.59. The second-order valence-corrected chi connectivity index (χ2v) is 3.27. The molecular formula is C11H13NO5. The molecule has 92 valence electrons. The molecule has 0 fully saturated rings. The highest BCUT2D eigenvalue weighted by Crippen LogP contribution is 2.09. The number of aromatic nitrogens is 1. The quantitative estimate of drug-likeness (QED) is 0.766. The number of hydrogen-bond donors (Lipinski definition) is 1. The number of ether oxygens (including phenoxy) is 2. The molecule has 0 amide bonds. The summed E-state index contributed by atoms with van der Waals surface area (Å²) in [6.07, 6.45) is 0. The number of hydrogen-bond acceptors (Lipinski definition) is 6. The lowest BCUT2D eigenvalue weighted by Gasteiger charge is -2.06. The van der Waals surface area contributed by atoms with Gasteiger partial charge in [-0.05, 0) is 12.1 Å². The Morgan fingerprint density at radius 2 is 2.00 bits per heavy atom. The van der Waals surface area contributed by atoms with Gasteiger partial charge in [0, 0.05) is 6.92 Å². The van der Waals surface area contributed by atoms with E-state index >= 15 is 0 Å². The molecular weight excluding hydrogens is 226 g/mol. The van der Waals surface area contributed by atoms with Crippen LogP contribution in [0.4, 0.5) is 0 Å². The first kappa shape index (κ1) is 13.1. The highest BCUT2D eigenvalue weighted by Gasteiger charge is 2.10. The van der Waals surface area contributed by atoms with Crippen molar-refractivity contribution in [1.82, 2.24) is 4.98 Å². The standard InChI is InChI=1S/C11H13NO5/c1-7(14)17-6-10-4-8(11(15)16-2)3-9(5-13)12-10/h3-4,13H,5-6H2,1-2H3. The van der Waals surface area contributed by atoms with E-state index in [2.05, 4.69) is 9.72 Å². The molecule has 0 spiro atoms. The smallest absolute Gasteiger partial charge is 0.337 e.